The average Bonchev–Trinajstić information content (AvgIpc) is 2.59. The molecule has 110 valence electrons. The van der Waals surface area contributed by atoms with Crippen molar-refractivity contribution < 1.29 is 9.47 Å². The third-order valence-electron chi connectivity index (χ3n) is 3.05. The fourth-order valence-corrected chi connectivity index (χ4v) is 1.87. The van der Waals surface area contributed by atoms with Gasteiger partial charge in [-0.05, 0) is 24.3 Å². The molecule has 0 spiro atoms. The summed E-state index contributed by atoms with van der Waals surface area (Å²) in [5, 5.41) is 0. The first-order valence-electron chi connectivity index (χ1n) is 7.02. The first kappa shape index (κ1) is 15.9. The summed E-state index contributed by atoms with van der Waals surface area (Å²) in [5.41, 5.74) is 1.88. The Morgan fingerprint density at radius 3 is 1.32 bits per heavy atom. The van der Waals surface area contributed by atoms with E-state index in [1.54, 1.807) is 14.2 Å². The van der Waals surface area contributed by atoms with Crippen LogP contribution in [0.2, 0.25) is 0 Å². The van der Waals surface area contributed by atoms with Crippen LogP contribution in [-0.4, -0.2) is 26.4 Å². The van der Waals surface area contributed by atoms with Crippen LogP contribution in [-0.2, 0) is 9.47 Å². The maximum Gasteiger partial charge on any atom is 0.155 e. The third-order valence-corrected chi connectivity index (χ3v) is 3.05. The summed E-state index contributed by atoms with van der Waals surface area (Å²) in [6, 6.07) is 19.6. The second kappa shape index (κ2) is 8.70. The highest BCUT2D eigenvalue weighted by Crippen LogP contribution is 2.04. The largest absolute Gasteiger partial charge is 0.365 e. The quantitative estimate of drug-likeness (QED) is 0.809. The van der Waals surface area contributed by atoms with Crippen molar-refractivity contribution in [3.8, 4) is 23.7 Å². The summed E-state index contributed by atoms with van der Waals surface area (Å²) in [5.74, 6) is 12.3. The lowest BCUT2D eigenvalue weighted by molar-refractivity contribution is 0.0253. The van der Waals surface area contributed by atoms with Crippen molar-refractivity contribution in [1.29, 1.82) is 0 Å². The zero-order valence-electron chi connectivity index (χ0n) is 12.7. The van der Waals surface area contributed by atoms with Crippen LogP contribution in [0.3, 0.4) is 0 Å². The number of hydrogen-bond donors (Lipinski definition) is 0. The van der Waals surface area contributed by atoms with Gasteiger partial charge >= 0.3 is 0 Å². The minimum absolute atomic E-state index is 0.401. The van der Waals surface area contributed by atoms with Crippen molar-refractivity contribution in [3.05, 3.63) is 71.8 Å². The Morgan fingerprint density at radius 2 is 1.00 bits per heavy atom. The van der Waals surface area contributed by atoms with Crippen LogP contribution in [0.25, 0.3) is 0 Å². The zero-order chi connectivity index (χ0) is 15.6. The van der Waals surface area contributed by atoms with Crippen LogP contribution in [0, 0.1) is 23.7 Å². The number of hydrogen-bond acceptors (Lipinski definition) is 2. The molecule has 0 amide bonds. The number of benzene rings is 2. The molecular weight excluding hydrogens is 272 g/mol. The summed E-state index contributed by atoms with van der Waals surface area (Å²) in [7, 11) is 3.22. The molecule has 2 heteroatoms. The van der Waals surface area contributed by atoms with Gasteiger partial charge in [-0.1, -0.05) is 60.1 Å². The molecule has 0 aliphatic carbocycles. The molecule has 2 aromatic carbocycles. The van der Waals surface area contributed by atoms with Crippen molar-refractivity contribution in [2.24, 2.45) is 0 Å². The van der Waals surface area contributed by atoms with Gasteiger partial charge in [-0.3, -0.25) is 0 Å². The molecule has 0 fully saturated rings. The van der Waals surface area contributed by atoms with Gasteiger partial charge in [0.2, 0.25) is 0 Å². The Bertz CT molecular complexity index is 621. The molecule has 2 atom stereocenters. The predicted octanol–water partition coefficient (Wildman–Crippen LogP) is 3.12. The second-order valence-electron chi connectivity index (χ2n) is 4.58. The van der Waals surface area contributed by atoms with E-state index in [1.807, 2.05) is 60.7 Å². The first-order chi connectivity index (χ1) is 10.8. The standard InChI is InChI=1S/C20H18O2/c1-21-19(15-13-17-9-5-3-6-10-17)20(22-2)16-14-18-11-7-4-8-12-18/h3-12,19-20H,1-2H3/t19-,20-/m1/s1. The van der Waals surface area contributed by atoms with Gasteiger partial charge in [-0.2, -0.15) is 0 Å². The van der Waals surface area contributed by atoms with E-state index in [1.165, 1.54) is 0 Å². The minimum atomic E-state index is -0.401. The molecule has 0 aromatic heterocycles. The van der Waals surface area contributed by atoms with Gasteiger partial charge < -0.3 is 9.47 Å². The minimum Gasteiger partial charge on any atom is -0.365 e. The lowest BCUT2D eigenvalue weighted by atomic mass is 10.1. The first-order valence-corrected chi connectivity index (χ1v) is 7.02. The second-order valence-corrected chi connectivity index (χ2v) is 4.58. The van der Waals surface area contributed by atoms with Crippen LogP contribution in [0.1, 0.15) is 11.1 Å². The van der Waals surface area contributed by atoms with Crippen molar-refractivity contribution >= 4 is 0 Å². The van der Waals surface area contributed by atoms with Crippen LogP contribution >= 0.6 is 0 Å². The molecular formula is C20H18O2. The smallest absolute Gasteiger partial charge is 0.155 e. The van der Waals surface area contributed by atoms with E-state index in [9.17, 15) is 0 Å². The number of rotatable bonds is 3. The lowest BCUT2D eigenvalue weighted by Crippen LogP contribution is -2.27. The molecule has 0 N–H and O–H groups in total. The van der Waals surface area contributed by atoms with Crippen LogP contribution in [0.15, 0.2) is 60.7 Å². The average molecular weight is 290 g/mol. The number of ether oxygens (including phenoxy) is 2. The summed E-state index contributed by atoms with van der Waals surface area (Å²) < 4.78 is 10.8. The van der Waals surface area contributed by atoms with E-state index in [0.29, 0.717) is 0 Å². The van der Waals surface area contributed by atoms with Crippen LogP contribution in [0.5, 0.6) is 0 Å². The Hall–Kier alpha value is -2.52. The summed E-state index contributed by atoms with van der Waals surface area (Å²) in [6.45, 7) is 0. The molecule has 0 bridgehead atoms. The summed E-state index contributed by atoms with van der Waals surface area (Å²) in [6.07, 6.45) is -0.803. The van der Waals surface area contributed by atoms with E-state index in [0.717, 1.165) is 11.1 Å². The van der Waals surface area contributed by atoms with E-state index in [-0.39, 0.29) is 0 Å². The summed E-state index contributed by atoms with van der Waals surface area (Å²) in [4.78, 5) is 0. The number of methoxy groups -OCH3 is 2. The lowest BCUT2D eigenvalue weighted by Gasteiger charge is -2.14. The molecule has 0 aliphatic rings. The Labute approximate surface area is 132 Å². The normalized spacial score (nSPS) is 12.3. The fourth-order valence-electron chi connectivity index (χ4n) is 1.87. The molecule has 22 heavy (non-hydrogen) atoms. The highest BCUT2D eigenvalue weighted by atomic mass is 16.5. The van der Waals surface area contributed by atoms with Gasteiger partial charge in [0.05, 0.1) is 0 Å². The molecule has 0 saturated heterocycles. The Balaban J connectivity index is 2.14. The topological polar surface area (TPSA) is 18.5 Å². The van der Waals surface area contributed by atoms with Crippen molar-refractivity contribution in [2.75, 3.05) is 14.2 Å². The molecule has 0 saturated carbocycles. The zero-order valence-corrected chi connectivity index (χ0v) is 12.7. The highest BCUT2D eigenvalue weighted by Gasteiger charge is 2.16. The molecule has 0 radical (unpaired) electrons. The molecule has 0 heterocycles. The Kier molecular flexibility index (Phi) is 6.27. The Morgan fingerprint density at radius 1 is 0.636 bits per heavy atom. The van der Waals surface area contributed by atoms with Gasteiger partial charge in [0, 0.05) is 25.3 Å². The maximum absolute atomic E-state index is 5.41. The van der Waals surface area contributed by atoms with Crippen molar-refractivity contribution in [1.82, 2.24) is 0 Å². The maximum atomic E-state index is 5.41. The SMILES string of the molecule is CO[C@H](C#Cc1ccccc1)[C@@H](C#Cc1ccccc1)OC. The molecule has 0 unspecified atom stereocenters. The fraction of sp³-hybridized carbons (Fsp3) is 0.200. The highest BCUT2D eigenvalue weighted by molar-refractivity contribution is 5.37. The summed E-state index contributed by atoms with van der Waals surface area (Å²) >= 11 is 0. The van der Waals surface area contributed by atoms with Crippen molar-refractivity contribution in [2.45, 2.75) is 12.2 Å². The van der Waals surface area contributed by atoms with Gasteiger partial charge in [0.25, 0.3) is 0 Å². The van der Waals surface area contributed by atoms with Crippen molar-refractivity contribution in [3.63, 3.8) is 0 Å². The van der Waals surface area contributed by atoms with E-state index >= 15 is 0 Å². The predicted molar refractivity (Wildman–Crippen MR) is 88.2 cm³/mol. The molecule has 2 aromatic rings. The van der Waals surface area contributed by atoms with E-state index in [4.69, 9.17) is 9.47 Å². The third kappa shape index (κ3) is 4.79. The van der Waals surface area contributed by atoms with Crippen LogP contribution < -0.4 is 0 Å². The molecule has 2 nitrogen and oxygen atoms in total. The molecule has 0 aliphatic heterocycles. The monoisotopic (exact) mass is 290 g/mol. The van der Waals surface area contributed by atoms with E-state index < -0.39 is 12.2 Å². The van der Waals surface area contributed by atoms with Gasteiger partial charge in [0.1, 0.15) is 0 Å². The van der Waals surface area contributed by atoms with Crippen LogP contribution in [0.4, 0.5) is 0 Å². The van der Waals surface area contributed by atoms with E-state index in [2.05, 4.69) is 23.7 Å². The van der Waals surface area contributed by atoms with Gasteiger partial charge in [-0.25, -0.2) is 0 Å². The van der Waals surface area contributed by atoms with Gasteiger partial charge in [-0.15, -0.1) is 0 Å². The molecule has 2 rings (SSSR count). The van der Waals surface area contributed by atoms with Gasteiger partial charge in [0.15, 0.2) is 12.2 Å².